The maximum atomic E-state index is 13.5. The van der Waals surface area contributed by atoms with Crippen LogP contribution in [0.5, 0.6) is 0 Å². The van der Waals surface area contributed by atoms with Crippen molar-refractivity contribution in [3.63, 3.8) is 0 Å². The predicted octanol–water partition coefficient (Wildman–Crippen LogP) is 3.96. The maximum Gasteiger partial charge on any atom is 0.227 e. The molecule has 0 bridgehead atoms. The number of rotatable bonds is 8. The van der Waals surface area contributed by atoms with Crippen LogP contribution in [0.3, 0.4) is 0 Å². The van der Waals surface area contributed by atoms with Gasteiger partial charge in [-0.3, -0.25) is 4.79 Å². The van der Waals surface area contributed by atoms with E-state index in [1.165, 1.54) is 25.0 Å². The molecule has 1 saturated carbocycles. The van der Waals surface area contributed by atoms with Crippen molar-refractivity contribution >= 4 is 17.1 Å². The van der Waals surface area contributed by atoms with Crippen molar-refractivity contribution < 1.29 is 9.18 Å². The Hall–Kier alpha value is -2.76. The van der Waals surface area contributed by atoms with Crippen LogP contribution >= 0.6 is 0 Å². The quantitative estimate of drug-likeness (QED) is 0.594. The van der Waals surface area contributed by atoms with E-state index in [9.17, 15) is 9.18 Å². The molecular weight excluding hydrogens is 355 g/mol. The molecule has 0 saturated heterocycles. The number of carbonyl (C=O) groups is 1. The predicted molar refractivity (Wildman–Crippen MR) is 106 cm³/mol. The summed E-state index contributed by atoms with van der Waals surface area (Å²) in [6, 6.07) is 10.1. The molecule has 5 nitrogen and oxygen atoms in total. The zero-order valence-corrected chi connectivity index (χ0v) is 16.1. The van der Waals surface area contributed by atoms with Gasteiger partial charge in [-0.05, 0) is 55.0 Å². The monoisotopic (exact) mass is 380 g/mol. The normalized spacial score (nSPS) is 13.8. The Labute approximate surface area is 164 Å². The van der Waals surface area contributed by atoms with Crippen LogP contribution in [-0.4, -0.2) is 31.9 Å². The minimum Gasteiger partial charge on any atom is -0.335 e. The molecule has 0 radical (unpaired) electrons. The maximum absolute atomic E-state index is 13.5. The SMILES string of the molecule is CCCN(Cc1nc2cccnc2n1CC1CC1)C(=O)Cc1cccc(F)c1. The number of fused-ring (bicyclic) bond motifs is 1. The van der Waals surface area contributed by atoms with Crippen molar-refractivity contribution in [1.29, 1.82) is 0 Å². The van der Waals surface area contributed by atoms with Crippen LogP contribution in [-0.2, 0) is 24.3 Å². The molecule has 146 valence electrons. The van der Waals surface area contributed by atoms with E-state index in [2.05, 4.69) is 16.5 Å². The second-order valence-corrected chi connectivity index (χ2v) is 7.55. The van der Waals surface area contributed by atoms with Crippen LogP contribution < -0.4 is 0 Å². The first-order chi connectivity index (χ1) is 13.6. The topological polar surface area (TPSA) is 51.0 Å². The minimum atomic E-state index is -0.315. The third-order valence-electron chi connectivity index (χ3n) is 5.14. The lowest BCUT2D eigenvalue weighted by atomic mass is 10.1. The van der Waals surface area contributed by atoms with Gasteiger partial charge in [-0.1, -0.05) is 19.1 Å². The zero-order valence-electron chi connectivity index (χ0n) is 16.1. The minimum absolute atomic E-state index is 0.00885. The molecule has 0 atom stereocenters. The van der Waals surface area contributed by atoms with Crippen molar-refractivity contribution in [3.05, 3.63) is 59.8 Å². The fraction of sp³-hybridized carbons (Fsp3) is 0.409. The van der Waals surface area contributed by atoms with Gasteiger partial charge in [-0.2, -0.15) is 0 Å². The number of halogens is 1. The Morgan fingerprint density at radius 1 is 1.29 bits per heavy atom. The summed E-state index contributed by atoms with van der Waals surface area (Å²) in [5, 5.41) is 0. The standard InChI is InChI=1S/C22H25FN4O/c1-2-11-26(21(28)13-17-5-3-6-18(23)12-17)15-20-25-19-7-4-10-24-22(19)27(20)14-16-8-9-16/h3-7,10,12,16H,2,8-9,11,13-15H2,1H3. The molecular formula is C22H25FN4O. The smallest absolute Gasteiger partial charge is 0.227 e. The highest BCUT2D eigenvalue weighted by molar-refractivity contribution is 5.79. The van der Waals surface area contributed by atoms with Crippen LogP contribution in [0.1, 0.15) is 37.6 Å². The Balaban J connectivity index is 1.58. The Bertz CT molecular complexity index is 980. The largest absolute Gasteiger partial charge is 0.335 e. The van der Waals surface area contributed by atoms with Crippen LogP contribution in [0.4, 0.5) is 4.39 Å². The van der Waals surface area contributed by atoms with Crippen molar-refractivity contribution in [3.8, 4) is 0 Å². The molecule has 3 aromatic rings. The molecule has 4 rings (SSSR count). The van der Waals surface area contributed by atoms with Crippen LogP contribution in [0.2, 0.25) is 0 Å². The van der Waals surface area contributed by atoms with Gasteiger partial charge in [0.2, 0.25) is 5.91 Å². The van der Waals surface area contributed by atoms with Crippen LogP contribution in [0.25, 0.3) is 11.2 Å². The van der Waals surface area contributed by atoms with Crippen molar-refractivity contribution in [2.24, 2.45) is 5.92 Å². The molecule has 0 aliphatic heterocycles. The molecule has 1 amide bonds. The van der Waals surface area contributed by atoms with E-state index in [-0.39, 0.29) is 18.1 Å². The molecule has 2 heterocycles. The fourth-order valence-electron chi connectivity index (χ4n) is 3.54. The van der Waals surface area contributed by atoms with E-state index < -0.39 is 0 Å². The number of amides is 1. The lowest BCUT2D eigenvalue weighted by Crippen LogP contribution is -2.33. The second-order valence-electron chi connectivity index (χ2n) is 7.55. The van der Waals surface area contributed by atoms with Gasteiger partial charge in [0.1, 0.15) is 17.2 Å². The van der Waals surface area contributed by atoms with E-state index in [0.29, 0.717) is 24.6 Å². The fourth-order valence-corrected chi connectivity index (χ4v) is 3.54. The lowest BCUT2D eigenvalue weighted by molar-refractivity contribution is -0.131. The third kappa shape index (κ3) is 4.21. The summed E-state index contributed by atoms with van der Waals surface area (Å²) in [7, 11) is 0. The molecule has 1 aliphatic carbocycles. The van der Waals surface area contributed by atoms with Crippen molar-refractivity contribution in [2.45, 2.75) is 45.7 Å². The Morgan fingerprint density at radius 2 is 2.14 bits per heavy atom. The highest BCUT2D eigenvalue weighted by Gasteiger charge is 2.26. The third-order valence-corrected chi connectivity index (χ3v) is 5.14. The molecule has 6 heteroatoms. The lowest BCUT2D eigenvalue weighted by Gasteiger charge is -2.22. The molecule has 0 N–H and O–H groups in total. The van der Waals surface area contributed by atoms with E-state index in [0.717, 1.165) is 30.0 Å². The summed E-state index contributed by atoms with van der Waals surface area (Å²) in [5.41, 5.74) is 2.45. The van der Waals surface area contributed by atoms with E-state index in [1.54, 1.807) is 18.3 Å². The van der Waals surface area contributed by atoms with Gasteiger partial charge >= 0.3 is 0 Å². The number of pyridine rings is 1. The summed E-state index contributed by atoms with van der Waals surface area (Å²) < 4.78 is 15.6. The number of nitrogens with zero attached hydrogens (tertiary/aromatic N) is 4. The van der Waals surface area contributed by atoms with Gasteiger partial charge in [-0.25, -0.2) is 14.4 Å². The molecule has 0 spiro atoms. The van der Waals surface area contributed by atoms with E-state index >= 15 is 0 Å². The molecule has 1 aromatic carbocycles. The molecule has 1 fully saturated rings. The number of hydrogen-bond acceptors (Lipinski definition) is 3. The summed E-state index contributed by atoms with van der Waals surface area (Å²) in [6.07, 6.45) is 5.32. The van der Waals surface area contributed by atoms with E-state index in [1.807, 2.05) is 17.0 Å². The number of aromatic nitrogens is 3. The number of hydrogen-bond donors (Lipinski definition) is 0. The van der Waals surface area contributed by atoms with Gasteiger partial charge in [0.25, 0.3) is 0 Å². The number of imidazole rings is 1. The first-order valence-electron chi connectivity index (χ1n) is 9.96. The van der Waals surface area contributed by atoms with Gasteiger partial charge < -0.3 is 9.47 Å². The van der Waals surface area contributed by atoms with E-state index in [4.69, 9.17) is 4.98 Å². The molecule has 28 heavy (non-hydrogen) atoms. The highest BCUT2D eigenvalue weighted by atomic mass is 19.1. The van der Waals surface area contributed by atoms with Crippen LogP contribution in [0.15, 0.2) is 42.6 Å². The van der Waals surface area contributed by atoms with Gasteiger partial charge in [0, 0.05) is 19.3 Å². The van der Waals surface area contributed by atoms with Gasteiger partial charge in [0.15, 0.2) is 5.65 Å². The molecule has 0 unspecified atom stereocenters. The average molecular weight is 380 g/mol. The first-order valence-corrected chi connectivity index (χ1v) is 9.96. The zero-order chi connectivity index (χ0) is 19.5. The summed E-state index contributed by atoms with van der Waals surface area (Å²) in [4.78, 5) is 24.0. The van der Waals surface area contributed by atoms with Crippen molar-refractivity contribution in [2.75, 3.05) is 6.54 Å². The molecule has 2 aromatic heterocycles. The summed E-state index contributed by atoms with van der Waals surface area (Å²) in [5.74, 6) is 1.23. The number of carbonyl (C=O) groups excluding carboxylic acids is 1. The van der Waals surface area contributed by atoms with Crippen LogP contribution in [0, 0.1) is 11.7 Å². The Morgan fingerprint density at radius 3 is 2.89 bits per heavy atom. The van der Waals surface area contributed by atoms with Crippen molar-refractivity contribution in [1.82, 2.24) is 19.4 Å². The number of benzene rings is 1. The second kappa shape index (κ2) is 8.09. The Kier molecular flexibility index (Phi) is 5.37. The summed E-state index contributed by atoms with van der Waals surface area (Å²) >= 11 is 0. The molecule has 1 aliphatic rings. The summed E-state index contributed by atoms with van der Waals surface area (Å²) in [6.45, 7) is 4.05. The average Bonchev–Trinajstić information content (AvgIpc) is 3.43. The highest BCUT2D eigenvalue weighted by Crippen LogP contribution is 2.32. The van der Waals surface area contributed by atoms with Gasteiger partial charge in [0.05, 0.1) is 13.0 Å². The first kappa shape index (κ1) is 18.6. The van der Waals surface area contributed by atoms with Gasteiger partial charge in [-0.15, -0.1) is 0 Å².